The Kier molecular flexibility index (Phi) is 9.35. The summed E-state index contributed by atoms with van der Waals surface area (Å²) in [5, 5.41) is 3.17. The van der Waals surface area contributed by atoms with Gasteiger partial charge in [-0.1, -0.05) is 25.8 Å². The molecule has 1 aromatic heterocycles. The van der Waals surface area contributed by atoms with Gasteiger partial charge >= 0.3 is 0 Å². The number of rotatable bonds is 11. The fourth-order valence-electron chi connectivity index (χ4n) is 4.01. The highest BCUT2D eigenvalue weighted by molar-refractivity contribution is 5.94. The lowest BCUT2D eigenvalue weighted by Gasteiger charge is -2.32. The maximum atomic E-state index is 12.5. The number of hydrogen-bond acceptors (Lipinski definition) is 5. The number of carbonyl (C=O) groups excluding carboxylic acids is 1. The Balaban J connectivity index is 1.49. The van der Waals surface area contributed by atoms with Crippen LogP contribution in [0.15, 0.2) is 36.7 Å². The summed E-state index contributed by atoms with van der Waals surface area (Å²) in [5.41, 5.74) is 2.85. The Labute approximate surface area is 192 Å². The van der Waals surface area contributed by atoms with Gasteiger partial charge in [-0.25, -0.2) is 0 Å². The van der Waals surface area contributed by atoms with E-state index in [0.29, 0.717) is 12.2 Å². The van der Waals surface area contributed by atoms with Crippen molar-refractivity contribution in [2.75, 3.05) is 26.3 Å². The molecule has 1 aromatic carbocycles. The van der Waals surface area contributed by atoms with Crippen LogP contribution in [0.2, 0.25) is 0 Å². The molecule has 0 unspecified atom stereocenters. The average Bonchev–Trinajstić information content (AvgIpc) is 2.79. The molecule has 0 radical (unpaired) electrons. The number of hydrogen-bond donors (Lipinski definition) is 1. The number of amides is 1. The maximum Gasteiger partial charge on any atom is 0.253 e. The lowest BCUT2D eigenvalue weighted by Crippen LogP contribution is -2.44. The summed E-state index contributed by atoms with van der Waals surface area (Å²) in [6.45, 7) is 10.3. The summed E-state index contributed by atoms with van der Waals surface area (Å²) in [7, 11) is 0. The summed E-state index contributed by atoms with van der Waals surface area (Å²) in [6, 6.07) is 8.37. The number of carbonyl (C=O) groups is 1. The second-order valence-corrected chi connectivity index (χ2v) is 8.54. The standard InChI is InChI=1S/C26H37N3O3/c1-4-6-7-14-32-24-9-8-21(16-25(24)31-5-2)19-29-12-10-23(11-13-29)28-26(30)22-15-20(3)17-27-18-22/h8-9,15-18,23H,4-7,10-14,19H2,1-3H3,(H,28,30). The molecule has 0 aliphatic carbocycles. The van der Waals surface area contributed by atoms with Crippen molar-refractivity contribution in [3.05, 3.63) is 53.3 Å². The quantitative estimate of drug-likeness (QED) is 0.512. The summed E-state index contributed by atoms with van der Waals surface area (Å²) >= 11 is 0. The largest absolute Gasteiger partial charge is 0.490 e. The van der Waals surface area contributed by atoms with Crippen molar-refractivity contribution in [2.24, 2.45) is 0 Å². The van der Waals surface area contributed by atoms with Crippen molar-refractivity contribution in [3.63, 3.8) is 0 Å². The van der Waals surface area contributed by atoms with Crippen molar-refractivity contribution >= 4 is 5.91 Å². The van der Waals surface area contributed by atoms with Gasteiger partial charge < -0.3 is 14.8 Å². The van der Waals surface area contributed by atoms with Gasteiger partial charge in [-0.05, 0) is 62.4 Å². The van der Waals surface area contributed by atoms with E-state index < -0.39 is 0 Å². The van der Waals surface area contributed by atoms with Crippen LogP contribution in [0.3, 0.4) is 0 Å². The van der Waals surface area contributed by atoms with Crippen LogP contribution in [0.25, 0.3) is 0 Å². The predicted molar refractivity (Wildman–Crippen MR) is 127 cm³/mol. The Morgan fingerprint density at radius 3 is 2.62 bits per heavy atom. The van der Waals surface area contributed by atoms with E-state index in [1.54, 1.807) is 12.4 Å². The molecule has 0 spiro atoms. The van der Waals surface area contributed by atoms with Crippen molar-refractivity contribution in [3.8, 4) is 11.5 Å². The number of ether oxygens (including phenoxy) is 2. The van der Waals surface area contributed by atoms with Crippen molar-refractivity contribution in [1.82, 2.24) is 15.2 Å². The van der Waals surface area contributed by atoms with Crippen LogP contribution in [0.5, 0.6) is 11.5 Å². The number of nitrogens with one attached hydrogen (secondary N) is 1. The molecule has 174 valence electrons. The molecule has 2 aromatic rings. The molecule has 0 saturated carbocycles. The number of pyridine rings is 1. The normalized spacial score (nSPS) is 14.8. The first-order chi connectivity index (χ1) is 15.6. The number of likely N-dealkylation sites (tertiary alicyclic amines) is 1. The van der Waals surface area contributed by atoms with E-state index >= 15 is 0 Å². The van der Waals surface area contributed by atoms with Crippen molar-refractivity contribution in [2.45, 2.75) is 65.5 Å². The first-order valence-electron chi connectivity index (χ1n) is 11.9. The minimum atomic E-state index is -0.0319. The Bertz CT molecular complexity index is 863. The van der Waals surface area contributed by atoms with Gasteiger partial charge in [-0.2, -0.15) is 0 Å². The van der Waals surface area contributed by atoms with E-state index in [0.717, 1.165) is 62.6 Å². The van der Waals surface area contributed by atoms with Gasteiger partial charge in [0.25, 0.3) is 5.91 Å². The third-order valence-corrected chi connectivity index (χ3v) is 5.78. The zero-order valence-electron chi connectivity index (χ0n) is 19.7. The minimum Gasteiger partial charge on any atom is -0.490 e. The molecule has 1 fully saturated rings. The molecule has 3 rings (SSSR count). The molecule has 0 atom stereocenters. The average molecular weight is 440 g/mol. The number of unbranched alkanes of at least 4 members (excludes halogenated alkanes) is 2. The summed E-state index contributed by atoms with van der Waals surface area (Å²) in [4.78, 5) is 19.0. The summed E-state index contributed by atoms with van der Waals surface area (Å²) < 4.78 is 11.8. The predicted octanol–water partition coefficient (Wildman–Crippen LogP) is 4.75. The maximum absolute atomic E-state index is 12.5. The molecular formula is C26H37N3O3. The van der Waals surface area contributed by atoms with E-state index in [2.05, 4.69) is 34.3 Å². The second-order valence-electron chi connectivity index (χ2n) is 8.54. The number of piperidine rings is 1. The van der Waals surface area contributed by atoms with E-state index in [4.69, 9.17) is 9.47 Å². The first-order valence-corrected chi connectivity index (χ1v) is 11.9. The fourth-order valence-corrected chi connectivity index (χ4v) is 4.01. The number of benzene rings is 1. The molecule has 1 aliphatic rings. The smallest absolute Gasteiger partial charge is 0.253 e. The third kappa shape index (κ3) is 7.23. The van der Waals surface area contributed by atoms with Crippen molar-refractivity contribution < 1.29 is 14.3 Å². The Morgan fingerprint density at radius 1 is 1.09 bits per heavy atom. The highest BCUT2D eigenvalue weighted by Crippen LogP contribution is 2.29. The van der Waals surface area contributed by atoms with Crippen LogP contribution in [0.1, 0.15) is 67.4 Å². The lowest BCUT2D eigenvalue weighted by molar-refractivity contribution is 0.0908. The topological polar surface area (TPSA) is 63.7 Å². The van der Waals surface area contributed by atoms with Gasteiger partial charge in [-0.15, -0.1) is 0 Å². The minimum absolute atomic E-state index is 0.0319. The van der Waals surface area contributed by atoms with Gasteiger partial charge in [0.05, 0.1) is 18.8 Å². The molecule has 1 saturated heterocycles. The van der Waals surface area contributed by atoms with Crippen LogP contribution in [0, 0.1) is 6.92 Å². The molecule has 6 nitrogen and oxygen atoms in total. The lowest BCUT2D eigenvalue weighted by atomic mass is 10.0. The number of nitrogens with zero attached hydrogens (tertiary/aromatic N) is 2. The molecule has 6 heteroatoms. The van der Waals surface area contributed by atoms with Crippen LogP contribution in [0.4, 0.5) is 0 Å². The number of aryl methyl sites for hydroxylation is 1. The molecule has 0 bridgehead atoms. The zero-order valence-corrected chi connectivity index (χ0v) is 19.7. The second kappa shape index (κ2) is 12.4. The molecule has 1 N–H and O–H groups in total. The van der Waals surface area contributed by atoms with E-state index in [-0.39, 0.29) is 11.9 Å². The highest BCUT2D eigenvalue weighted by Gasteiger charge is 2.22. The number of aromatic nitrogens is 1. The summed E-state index contributed by atoms with van der Waals surface area (Å²) in [6.07, 6.45) is 8.71. The van der Waals surface area contributed by atoms with Gasteiger partial charge in [0.15, 0.2) is 11.5 Å². The first kappa shape index (κ1) is 24.1. The third-order valence-electron chi connectivity index (χ3n) is 5.78. The van der Waals surface area contributed by atoms with Crippen LogP contribution in [-0.2, 0) is 6.54 Å². The summed E-state index contributed by atoms with van der Waals surface area (Å²) in [5.74, 6) is 1.63. The molecular weight excluding hydrogens is 402 g/mol. The molecule has 1 amide bonds. The molecule has 2 heterocycles. The Morgan fingerprint density at radius 2 is 1.91 bits per heavy atom. The molecule has 1 aliphatic heterocycles. The van der Waals surface area contributed by atoms with Gasteiger partial charge in [0, 0.05) is 38.1 Å². The van der Waals surface area contributed by atoms with Gasteiger partial charge in [0.1, 0.15) is 0 Å². The highest BCUT2D eigenvalue weighted by atomic mass is 16.5. The van der Waals surface area contributed by atoms with Crippen LogP contribution in [-0.4, -0.2) is 48.1 Å². The van der Waals surface area contributed by atoms with Gasteiger partial charge in [0.2, 0.25) is 0 Å². The fraction of sp³-hybridized carbons (Fsp3) is 0.538. The van der Waals surface area contributed by atoms with E-state index in [1.807, 2.05) is 26.0 Å². The van der Waals surface area contributed by atoms with Crippen LogP contribution < -0.4 is 14.8 Å². The van der Waals surface area contributed by atoms with Gasteiger partial charge in [-0.3, -0.25) is 14.7 Å². The van der Waals surface area contributed by atoms with Crippen molar-refractivity contribution in [1.29, 1.82) is 0 Å². The van der Waals surface area contributed by atoms with E-state index in [9.17, 15) is 4.79 Å². The molecule has 32 heavy (non-hydrogen) atoms. The Hall–Kier alpha value is -2.60. The SMILES string of the molecule is CCCCCOc1ccc(CN2CCC(NC(=O)c3cncc(C)c3)CC2)cc1OCC. The monoisotopic (exact) mass is 439 g/mol. The van der Waals surface area contributed by atoms with Crippen LogP contribution >= 0.6 is 0 Å². The zero-order chi connectivity index (χ0) is 22.8. The van der Waals surface area contributed by atoms with E-state index in [1.165, 1.54) is 18.4 Å².